The Kier molecular flexibility index (Phi) is 4.81. The number of hydrogen-bond acceptors (Lipinski definition) is 3. The van der Waals surface area contributed by atoms with Crippen LogP contribution in [0.1, 0.15) is 43.1 Å². The molecule has 1 aliphatic rings. The summed E-state index contributed by atoms with van der Waals surface area (Å²) in [6.07, 6.45) is 1.29. The highest BCUT2D eigenvalue weighted by Crippen LogP contribution is 2.28. The third kappa shape index (κ3) is 3.21. The zero-order valence-electron chi connectivity index (χ0n) is 12.9. The fraction of sp³-hybridized carbons (Fsp3) is 0.588. The molecule has 0 radical (unpaired) electrons. The third-order valence-electron chi connectivity index (χ3n) is 4.52. The Hall–Kier alpha value is -1.35. The van der Waals surface area contributed by atoms with Gasteiger partial charge in [-0.25, -0.2) is 4.79 Å². The minimum absolute atomic E-state index is 0.244. The van der Waals surface area contributed by atoms with Crippen molar-refractivity contribution in [1.82, 2.24) is 4.90 Å². The number of esters is 1. The van der Waals surface area contributed by atoms with Crippen LogP contribution < -0.4 is 0 Å². The predicted molar refractivity (Wildman–Crippen MR) is 80.6 cm³/mol. The molecule has 1 fully saturated rings. The predicted octanol–water partition coefficient (Wildman–Crippen LogP) is 3.34. The van der Waals surface area contributed by atoms with Gasteiger partial charge in [-0.2, -0.15) is 0 Å². The van der Waals surface area contributed by atoms with Crippen LogP contribution in [0.4, 0.5) is 0 Å². The second-order valence-electron chi connectivity index (χ2n) is 6.14. The van der Waals surface area contributed by atoms with Gasteiger partial charge in [-0.15, -0.1) is 0 Å². The van der Waals surface area contributed by atoms with Crippen molar-refractivity contribution in [3.05, 3.63) is 35.4 Å². The van der Waals surface area contributed by atoms with Crippen molar-refractivity contribution in [2.45, 2.75) is 39.8 Å². The maximum Gasteiger partial charge on any atom is 0.338 e. The average molecular weight is 275 g/mol. The highest BCUT2D eigenvalue weighted by molar-refractivity contribution is 5.90. The van der Waals surface area contributed by atoms with E-state index < -0.39 is 0 Å². The van der Waals surface area contributed by atoms with Gasteiger partial charge in [0.2, 0.25) is 0 Å². The molecule has 1 aromatic rings. The number of hydrogen-bond donors (Lipinski definition) is 0. The summed E-state index contributed by atoms with van der Waals surface area (Å²) in [5.41, 5.74) is 1.75. The van der Waals surface area contributed by atoms with Gasteiger partial charge in [0.15, 0.2) is 0 Å². The lowest BCUT2D eigenvalue weighted by Gasteiger charge is -2.41. The van der Waals surface area contributed by atoms with E-state index in [0.717, 1.165) is 18.7 Å². The van der Waals surface area contributed by atoms with E-state index in [1.54, 1.807) is 0 Å². The van der Waals surface area contributed by atoms with E-state index in [4.69, 9.17) is 4.74 Å². The zero-order chi connectivity index (χ0) is 14.7. The van der Waals surface area contributed by atoms with Crippen LogP contribution in [0.2, 0.25) is 0 Å². The molecule has 0 bridgehead atoms. The average Bonchev–Trinajstić information content (AvgIpc) is 2.44. The first-order valence-electron chi connectivity index (χ1n) is 7.43. The van der Waals surface area contributed by atoms with Crippen molar-refractivity contribution in [2.24, 2.45) is 11.8 Å². The molecule has 0 spiro atoms. The van der Waals surface area contributed by atoms with Crippen LogP contribution >= 0.6 is 0 Å². The number of carbonyl (C=O) groups excluding carboxylic acids is 1. The molecule has 3 atom stereocenters. The molecule has 1 aliphatic heterocycles. The SMILES string of the molecule is COC(=O)c1ccccc1CN1CC(C)CC(C)C1C. The minimum Gasteiger partial charge on any atom is -0.465 e. The molecule has 110 valence electrons. The molecule has 20 heavy (non-hydrogen) atoms. The Morgan fingerprint density at radius 3 is 2.70 bits per heavy atom. The Labute approximate surface area is 121 Å². The number of nitrogens with zero attached hydrogens (tertiary/aromatic N) is 1. The summed E-state index contributed by atoms with van der Waals surface area (Å²) in [7, 11) is 1.44. The molecule has 0 aromatic heterocycles. The molecule has 3 heteroatoms. The van der Waals surface area contributed by atoms with E-state index in [1.165, 1.54) is 13.5 Å². The van der Waals surface area contributed by atoms with E-state index in [2.05, 4.69) is 25.7 Å². The molecule has 3 nitrogen and oxygen atoms in total. The third-order valence-corrected chi connectivity index (χ3v) is 4.52. The molecule has 0 aliphatic carbocycles. The van der Waals surface area contributed by atoms with Gasteiger partial charge in [-0.05, 0) is 36.8 Å². The van der Waals surface area contributed by atoms with Gasteiger partial charge in [0.25, 0.3) is 0 Å². The summed E-state index contributed by atoms with van der Waals surface area (Å²) in [4.78, 5) is 14.3. The van der Waals surface area contributed by atoms with Crippen LogP contribution in [0, 0.1) is 11.8 Å². The first-order chi connectivity index (χ1) is 9.52. The number of likely N-dealkylation sites (tertiary alicyclic amines) is 1. The van der Waals surface area contributed by atoms with Crippen molar-refractivity contribution in [2.75, 3.05) is 13.7 Å². The zero-order valence-corrected chi connectivity index (χ0v) is 12.9. The van der Waals surface area contributed by atoms with Gasteiger partial charge < -0.3 is 4.74 Å². The lowest BCUT2D eigenvalue weighted by atomic mass is 9.85. The van der Waals surface area contributed by atoms with Crippen LogP contribution in [0.3, 0.4) is 0 Å². The quantitative estimate of drug-likeness (QED) is 0.792. The van der Waals surface area contributed by atoms with Gasteiger partial charge >= 0.3 is 5.97 Å². The van der Waals surface area contributed by atoms with Crippen molar-refractivity contribution in [3.8, 4) is 0 Å². The number of carbonyl (C=O) groups is 1. The van der Waals surface area contributed by atoms with E-state index in [1.807, 2.05) is 24.3 Å². The Morgan fingerprint density at radius 2 is 2.00 bits per heavy atom. The molecular weight excluding hydrogens is 250 g/mol. The van der Waals surface area contributed by atoms with Gasteiger partial charge in [-0.3, -0.25) is 4.90 Å². The fourth-order valence-corrected chi connectivity index (χ4v) is 3.23. The van der Waals surface area contributed by atoms with E-state index in [-0.39, 0.29) is 5.97 Å². The maximum absolute atomic E-state index is 11.8. The maximum atomic E-state index is 11.8. The standard InChI is InChI=1S/C17H25NO2/c1-12-9-13(2)14(3)18(10-12)11-15-7-5-6-8-16(15)17(19)20-4/h5-8,12-14H,9-11H2,1-4H3. The van der Waals surface area contributed by atoms with Crippen LogP contribution in [0.5, 0.6) is 0 Å². The van der Waals surface area contributed by atoms with Crippen molar-refractivity contribution in [3.63, 3.8) is 0 Å². The number of ether oxygens (including phenoxy) is 1. The van der Waals surface area contributed by atoms with Crippen molar-refractivity contribution in [1.29, 1.82) is 0 Å². The largest absolute Gasteiger partial charge is 0.465 e. The summed E-state index contributed by atoms with van der Waals surface area (Å²) in [5, 5.41) is 0. The molecule has 1 heterocycles. The van der Waals surface area contributed by atoms with Crippen molar-refractivity contribution >= 4 is 5.97 Å². The minimum atomic E-state index is -0.244. The molecule has 0 N–H and O–H groups in total. The summed E-state index contributed by atoms with van der Waals surface area (Å²) >= 11 is 0. The summed E-state index contributed by atoms with van der Waals surface area (Å²) < 4.78 is 4.88. The lowest BCUT2D eigenvalue weighted by molar-refractivity contribution is 0.0585. The normalized spacial score (nSPS) is 27.3. The Balaban J connectivity index is 2.19. The van der Waals surface area contributed by atoms with Crippen LogP contribution in [0.25, 0.3) is 0 Å². The van der Waals surface area contributed by atoms with Crippen LogP contribution in [-0.2, 0) is 11.3 Å². The van der Waals surface area contributed by atoms with Gasteiger partial charge in [0.1, 0.15) is 0 Å². The topological polar surface area (TPSA) is 29.5 Å². The monoisotopic (exact) mass is 275 g/mol. The number of piperidine rings is 1. The second-order valence-corrected chi connectivity index (χ2v) is 6.14. The summed E-state index contributed by atoms with van der Waals surface area (Å²) in [6, 6.07) is 8.31. The Morgan fingerprint density at radius 1 is 1.30 bits per heavy atom. The highest BCUT2D eigenvalue weighted by Gasteiger charge is 2.29. The van der Waals surface area contributed by atoms with E-state index in [0.29, 0.717) is 23.4 Å². The summed E-state index contributed by atoms with van der Waals surface area (Å²) in [5.74, 6) is 1.17. The van der Waals surface area contributed by atoms with E-state index >= 15 is 0 Å². The first kappa shape index (κ1) is 15.0. The molecule has 0 saturated carbocycles. The number of benzene rings is 1. The molecule has 1 saturated heterocycles. The van der Waals surface area contributed by atoms with Crippen molar-refractivity contribution < 1.29 is 9.53 Å². The molecular formula is C17H25NO2. The lowest BCUT2D eigenvalue weighted by Crippen LogP contribution is -2.45. The smallest absolute Gasteiger partial charge is 0.338 e. The molecule has 1 aromatic carbocycles. The highest BCUT2D eigenvalue weighted by atomic mass is 16.5. The van der Waals surface area contributed by atoms with E-state index in [9.17, 15) is 4.79 Å². The fourth-order valence-electron chi connectivity index (χ4n) is 3.23. The molecule has 3 unspecified atom stereocenters. The first-order valence-corrected chi connectivity index (χ1v) is 7.43. The summed E-state index contributed by atoms with van der Waals surface area (Å²) in [6.45, 7) is 8.83. The van der Waals surface area contributed by atoms with Gasteiger partial charge in [0.05, 0.1) is 12.7 Å². The number of rotatable bonds is 3. The molecule has 2 rings (SSSR count). The Bertz CT molecular complexity index is 472. The second kappa shape index (κ2) is 6.40. The van der Waals surface area contributed by atoms with Crippen LogP contribution in [0.15, 0.2) is 24.3 Å². The van der Waals surface area contributed by atoms with Gasteiger partial charge in [0, 0.05) is 19.1 Å². The van der Waals surface area contributed by atoms with Gasteiger partial charge in [-0.1, -0.05) is 32.0 Å². The molecule has 0 amide bonds. The van der Waals surface area contributed by atoms with Crippen LogP contribution in [-0.4, -0.2) is 30.6 Å². The number of methoxy groups -OCH3 is 1.